The Bertz CT molecular complexity index is 1100. The van der Waals surface area contributed by atoms with Crippen molar-refractivity contribution in [1.29, 1.82) is 0 Å². The summed E-state index contributed by atoms with van der Waals surface area (Å²) in [6.07, 6.45) is 4.52. The van der Waals surface area contributed by atoms with Crippen LogP contribution < -0.4 is 14.4 Å². The zero-order chi connectivity index (χ0) is 23.2. The first-order chi connectivity index (χ1) is 16.0. The topological polar surface area (TPSA) is 42.0 Å². The number of hydrogen-bond acceptors (Lipinski definition) is 4. The third-order valence-electron chi connectivity index (χ3n) is 5.71. The number of rotatable bonds is 7. The molecular weight excluding hydrogens is 412 g/mol. The van der Waals surface area contributed by atoms with Gasteiger partial charge < -0.3 is 19.3 Å². The standard InChI is InChI=1S/C28H30N2O3/c1-29(2)19-22-18-23-6-4-5-7-27(23)30(20-22)28(31)17-10-21-8-11-25(12-9-21)33-26-15-13-24(32-3)14-16-26/h4-17,22H,18-20H2,1-3H3/b17-10+. The summed E-state index contributed by atoms with van der Waals surface area (Å²) < 4.78 is 11.0. The van der Waals surface area contributed by atoms with Gasteiger partial charge in [-0.25, -0.2) is 0 Å². The van der Waals surface area contributed by atoms with Crippen LogP contribution in [-0.2, 0) is 11.2 Å². The quantitative estimate of drug-likeness (QED) is 0.468. The fourth-order valence-corrected chi connectivity index (χ4v) is 4.21. The fourth-order valence-electron chi connectivity index (χ4n) is 4.21. The van der Waals surface area contributed by atoms with Crippen molar-refractivity contribution in [3.8, 4) is 17.2 Å². The summed E-state index contributed by atoms with van der Waals surface area (Å²) in [7, 11) is 5.79. The lowest BCUT2D eigenvalue weighted by Gasteiger charge is -2.35. The fraction of sp³-hybridized carbons (Fsp3) is 0.250. The van der Waals surface area contributed by atoms with E-state index in [9.17, 15) is 4.79 Å². The molecule has 0 saturated carbocycles. The molecule has 1 amide bonds. The molecule has 33 heavy (non-hydrogen) atoms. The number of anilines is 1. The lowest BCUT2D eigenvalue weighted by Crippen LogP contribution is -2.42. The molecule has 0 bridgehead atoms. The van der Waals surface area contributed by atoms with E-state index in [2.05, 4.69) is 25.1 Å². The maximum Gasteiger partial charge on any atom is 0.251 e. The van der Waals surface area contributed by atoms with Crippen LogP contribution in [0.4, 0.5) is 5.69 Å². The zero-order valence-corrected chi connectivity index (χ0v) is 19.4. The molecule has 3 aromatic carbocycles. The van der Waals surface area contributed by atoms with Gasteiger partial charge in [0, 0.05) is 24.9 Å². The van der Waals surface area contributed by atoms with Crippen LogP contribution >= 0.6 is 0 Å². The van der Waals surface area contributed by atoms with E-state index in [4.69, 9.17) is 9.47 Å². The number of hydrogen-bond donors (Lipinski definition) is 0. The molecule has 0 fully saturated rings. The van der Waals surface area contributed by atoms with Crippen LogP contribution in [0.2, 0.25) is 0 Å². The molecule has 1 aliphatic rings. The monoisotopic (exact) mass is 442 g/mol. The van der Waals surface area contributed by atoms with Gasteiger partial charge in [0.2, 0.25) is 0 Å². The van der Waals surface area contributed by atoms with Gasteiger partial charge in [0.1, 0.15) is 17.2 Å². The van der Waals surface area contributed by atoms with Gasteiger partial charge in [0.25, 0.3) is 5.91 Å². The van der Waals surface area contributed by atoms with Gasteiger partial charge in [-0.3, -0.25) is 4.79 Å². The second-order valence-corrected chi connectivity index (χ2v) is 8.59. The van der Waals surface area contributed by atoms with E-state index in [1.54, 1.807) is 13.2 Å². The van der Waals surface area contributed by atoms with Gasteiger partial charge in [0.15, 0.2) is 0 Å². The van der Waals surface area contributed by atoms with Crippen LogP contribution in [0, 0.1) is 5.92 Å². The van der Waals surface area contributed by atoms with Crippen LogP contribution in [0.25, 0.3) is 6.08 Å². The molecule has 0 radical (unpaired) electrons. The Morgan fingerprint density at radius 2 is 1.61 bits per heavy atom. The van der Waals surface area contributed by atoms with Crippen molar-refractivity contribution < 1.29 is 14.3 Å². The largest absolute Gasteiger partial charge is 0.497 e. The van der Waals surface area contributed by atoms with Crippen molar-refractivity contribution >= 4 is 17.7 Å². The normalized spacial score (nSPS) is 15.5. The van der Waals surface area contributed by atoms with Gasteiger partial charge in [-0.15, -0.1) is 0 Å². The van der Waals surface area contributed by atoms with E-state index in [0.29, 0.717) is 5.92 Å². The average Bonchev–Trinajstić information content (AvgIpc) is 2.83. The minimum atomic E-state index is 0.00413. The molecule has 4 rings (SSSR count). The van der Waals surface area contributed by atoms with Crippen molar-refractivity contribution in [2.75, 3.05) is 39.2 Å². The Kier molecular flexibility index (Phi) is 7.10. The number of methoxy groups -OCH3 is 1. The first-order valence-corrected chi connectivity index (χ1v) is 11.2. The smallest absolute Gasteiger partial charge is 0.251 e. The van der Waals surface area contributed by atoms with Gasteiger partial charge in [-0.1, -0.05) is 30.3 Å². The highest BCUT2D eigenvalue weighted by Gasteiger charge is 2.27. The molecule has 5 heteroatoms. The maximum atomic E-state index is 13.1. The second kappa shape index (κ2) is 10.4. The lowest BCUT2D eigenvalue weighted by atomic mass is 9.92. The summed E-state index contributed by atoms with van der Waals surface area (Å²) in [6.45, 7) is 1.69. The Labute approximate surface area is 195 Å². The molecule has 0 aromatic heterocycles. The zero-order valence-electron chi connectivity index (χ0n) is 19.4. The number of carbonyl (C=O) groups is 1. The van der Waals surface area contributed by atoms with E-state index in [1.807, 2.05) is 77.7 Å². The highest BCUT2D eigenvalue weighted by molar-refractivity contribution is 6.04. The molecule has 3 aromatic rings. The molecule has 0 aliphatic carbocycles. The predicted octanol–water partition coefficient (Wildman–Crippen LogP) is 5.27. The number of carbonyl (C=O) groups excluding carboxylic acids is 1. The summed E-state index contributed by atoms with van der Waals surface area (Å²) in [6, 6.07) is 23.4. The molecule has 170 valence electrons. The summed E-state index contributed by atoms with van der Waals surface area (Å²) in [5, 5.41) is 0. The molecule has 1 heterocycles. The van der Waals surface area contributed by atoms with E-state index in [1.165, 1.54) is 5.56 Å². The van der Waals surface area contributed by atoms with Gasteiger partial charge in [0.05, 0.1) is 7.11 Å². The van der Waals surface area contributed by atoms with Crippen molar-refractivity contribution in [3.05, 3.63) is 90.0 Å². The average molecular weight is 443 g/mol. The minimum Gasteiger partial charge on any atom is -0.497 e. The van der Waals surface area contributed by atoms with E-state index >= 15 is 0 Å². The summed E-state index contributed by atoms with van der Waals surface area (Å²) in [5.41, 5.74) is 3.20. The Morgan fingerprint density at radius 1 is 0.970 bits per heavy atom. The molecule has 1 unspecified atom stereocenters. The number of benzene rings is 3. The van der Waals surface area contributed by atoms with Crippen LogP contribution in [-0.4, -0.2) is 45.1 Å². The molecular formula is C28H30N2O3. The van der Waals surface area contributed by atoms with Gasteiger partial charge in [-0.2, -0.15) is 0 Å². The third-order valence-corrected chi connectivity index (χ3v) is 5.71. The van der Waals surface area contributed by atoms with E-state index in [0.717, 1.165) is 48.0 Å². The molecule has 1 aliphatic heterocycles. The van der Waals surface area contributed by atoms with Crippen LogP contribution in [0.3, 0.4) is 0 Å². The van der Waals surface area contributed by atoms with Crippen molar-refractivity contribution in [3.63, 3.8) is 0 Å². The van der Waals surface area contributed by atoms with E-state index in [-0.39, 0.29) is 5.91 Å². The minimum absolute atomic E-state index is 0.00413. The Hall–Kier alpha value is -3.57. The first-order valence-electron chi connectivity index (χ1n) is 11.2. The van der Waals surface area contributed by atoms with Crippen molar-refractivity contribution in [2.45, 2.75) is 6.42 Å². The predicted molar refractivity (Wildman–Crippen MR) is 133 cm³/mol. The number of nitrogens with zero attached hydrogens (tertiary/aromatic N) is 2. The SMILES string of the molecule is COc1ccc(Oc2ccc(/C=C/C(=O)N3CC(CN(C)C)Cc4ccccc43)cc2)cc1. The number of amides is 1. The first kappa shape index (κ1) is 22.6. The number of fused-ring (bicyclic) bond motifs is 1. The lowest BCUT2D eigenvalue weighted by molar-refractivity contribution is -0.114. The Morgan fingerprint density at radius 3 is 2.27 bits per heavy atom. The molecule has 0 N–H and O–H groups in total. The third kappa shape index (κ3) is 5.82. The Balaban J connectivity index is 1.43. The number of para-hydroxylation sites is 1. The molecule has 1 atom stereocenters. The highest BCUT2D eigenvalue weighted by atomic mass is 16.5. The summed E-state index contributed by atoms with van der Waals surface area (Å²) >= 11 is 0. The highest BCUT2D eigenvalue weighted by Crippen LogP contribution is 2.30. The molecule has 5 nitrogen and oxygen atoms in total. The maximum absolute atomic E-state index is 13.1. The van der Waals surface area contributed by atoms with Crippen LogP contribution in [0.5, 0.6) is 17.2 Å². The van der Waals surface area contributed by atoms with Gasteiger partial charge >= 0.3 is 0 Å². The van der Waals surface area contributed by atoms with Crippen LogP contribution in [0.15, 0.2) is 78.9 Å². The van der Waals surface area contributed by atoms with Gasteiger partial charge in [-0.05, 0) is 86.1 Å². The van der Waals surface area contributed by atoms with Crippen molar-refractivity contribution in [1.82, 2.24) is 4.90 Å². The number of ether oxygens (including phenoxy) is 2. The van der Waals surface area contributed by atoms with Crippen LogP contribution in [0.1, 0.15) is 11.1 Å². The second-order valence-electron chi connectivity index (χ2n) is 8.59. The van der Waals surface area contributed by atoms with Crippen molar-refractivity contribution in [2.24, 2.45) is 5.92 Å². The molecule has 0 saturated heterocycles. The summed E-state index contributed by atoms with van der Waals surface area (Å²) in [4.78, 5) is 17.2. The summed E-state index contributed by atoms with van der Waals surface area (Å²) in [5.74, 6) is 2.69. The molecule has 0 spiro atoms. The van der Waals surface area contributed by atoms with E-state index < -0.39 is 0 Å².